The second-order valence-corrected chi connectivity index (χ2v) is 9.78. The van der Waals surface area contributed by atoms with Crippen molar-refractivity contribution in [1.82, 2.24) is 5.32 Å². The Morgan fingerprint density at radius 1 is 1.12 bits per heavy atom. The van der Waals surface area contributed by atoms with E-state index < -0.39 is 10.9 Å². The van der Waals surface area contributed by atoms with Crippen molar-refractivity contribution in [3.8, 4) is 17.2 Å². The highest BCUT2D eigenvalue weighted by molar-refractivity contribution is 8.15. The zero-order valence-corrected chi connectivity index (χ0v) is 19.2. The van der Waals surface area contributed by atoms with E-state index in [-0.39, 0.29) is 35.7 Å². The number of Topliss-reactive ketones (excluding diaryl/α,β-unsaturated/α-hetero) is 1. The van der Waals surface area contributed by atoms with Crippen molar-refractivity contribution >= 4 is 28.7 Å². The molecule has 2 aromatic rings. The van der Waals surface area contributed by atoms with Crippen LogP contribution >= 0.6 is 11.8 Å². The van der Waals surface area contributed by atoms with Crippen LogP contribution < -0.4 is 14.8 Å². The van der Waals surface area contributed by atoms with Crippen molar-refractivity contribution in [2.75, 3.05) is 6.61 Å². The fourth-order valence-corrected chi connectivity index (χ4v) is 4.92. The lowest BCUT2D eigenvalue weighted by molar-refractivity contribution is -0.118. The van der Waals surface area contributed by atoms with Crippen LogP contribution in [0.1, 0.15) is 46.0 Å². The number of carbonyl (C=O) groups excluding carboxylic acids is 3. The van der Waals surface area contributed by atoms with Gasteiger partial charge in [-0.15, -0.1) is 0 Å². The number of benzene rings is 2. The van der Waals surface area contributed by atoms with E-state index in [2.05, 4.69) is 5.32 Å². The van der Waals surface area contributed by atoms with Gasteiger partial charge in [0.05, 0.1) is 17.2 Å². The Bertz CT molecular complexity index is 1130. The fourth-order valence-electron chi connectivity index (χ4n) is 4.06. The van der Waals surface area contributed by atoms with Gasteiger partial charge in [0.15, 0.2) is 5.78 Å². The maximum absolute atomic E-state index is 12.9. The monoisotopic (exact) mass is 455 g/mol. The number of phenols is 1. The van der Waals surface area contributed by atoms with Gasteiger partial charge < -0.3 is 14.6 Å². The van der Waals surface area contributed by atoms with Crippen LogP contribution in [0.25, 0.3) is 0 Å². The molecule has 0 aromatic heterocycles. The molecule has 8 heteroatoms. The summed E-state index contributed by atoms with van der Waals surface area (Å²) < 4.78 is 12.2. The molecule has 0 spiro atoms. The van der Waals surface area contributed by atoms with Gasteiger partial charge in [0.25, 0.3) is 5.24 Å². The van der Waals surface area contributed by atoms with Crippen molar-refractivity contribution in [2.45, 2.75) is 51.4 Å². The smallest absolute Gasteiger partial charge is 0.286 e. The van der Waals surface area contributed by atoms with Gasteiger partial charge in [-0.25, -0.2) is 0 Å². The maximum Gasteiger partial charge on any atom is 0.286 e. The third-order valence-electron chi connectivity index (χ3n) is 6.03. The standard InChI is InChI=1S/C24H25NO6S/c1-12-13(2)21-19(14(3)20(12)27)17(26)10-24(4,31-21)11-30-16-7-5-15(6-8-16)9-18-22(28)25-23(29)32-18/h5-8,18,27H,9-11H2,1-4H3,(H,25,28,29). The molecule has 2 heterocycles. The molecule has 2 aliphatic rings. The van der Waals surface area contributed by atoms with Gasteiger partial charge in [0.1, 0.15) is 29.5 Å². The van der Waals surface area contributed by atoms with Gasteiger partial charge in [-0.1, -0.05) is 23.9 Å². The number of aromatic hydroxyl groups is 1. The zero-order chi connectivity index (χ0) is 23.2. The number of nitrogens with one attached hydrogen (secondary N) is 1. The van der Waals surface area contributed by atoms with Crippen molar-refractivity contribution < 1.29 is 29.0 Å². The molecule has 1 saturated heterocycles. The Labute approximate surface area is 190 Å². The van der Waals surface area contributed by atoms with Crippen LogP contribution in [0.15, 0.2) is 24.3 Å². The predicted octanol–water partition coefficient (Wildman–Crippen LogP) is 4.01. The maximum atomic E-state index is 12.9. The van der Waals surface area contributed by atoms with E-state index in [1.165, 1.54) is 0 Å². The average Bonchev–Trinajstić information content (AvgIpc) is 3.06. The molecular formula is C24H25NO6S. The molecule has 7 nitrogen and oxygen atoms in total. The van der Waals surface area contributed by atoms with E-state index >= 15 is 0 Å². The lowest BCUT2D eigenvalue weighted by Crippen LogP contribution is -2.44. The Morgan fingerprint density at radius 3 is 2.44 bits per heavy atom. The molecule has 2 aromatic carbocycles. The zero-order valence-electron chi connectivity index (χ0n) is 18.4. The molecule has 168 valence electrons. The third kappa shape index (κ3) is 4.07. The van der Waals surface area contributed by atoms with Crippen molar-refractivity contribution in [3.63, 3.8) is 0 Å². The number of hydrogen-bond acceptors (Lipinski definition) is 7. The first-order valence-electron chi connectivity index (χ1n) is 10.4. The lowest BCUT2D eigenvalue weighted by Gasteiger charge is -2.36. The summed E-state index contributed by atoms with van der Waals surface area (Å²) in [5.74, 6) is 0.923. The minimum atomic E-state index is -0.845. The highest BCUT2D eigenvalue weighted by Gasteiger charge is 2.40. The molecule has 0 aliphatic carbocycles. The third-order valence-corrected chi connectivity index (χ3v) is 7.01. The van der Waals surface area contributed by atoms with Crippen molar-refractivity contribution in [3.05, 3.63) is 52.1 Å². The van der Waals surface area contributed by atoms with E-state index in [1.54, 1.807) is 26.0 Å². The predicted molar refractivity (Wildman–Crippen MR) is 121 cm³/mol. The Kier molecular flexibility index (Phi) is 5.67. The van der Waals surface area contributed by atoms with E-state index in [0.29, 0.717) is 34.6 Å². The second kappa shape index (κ2) is 8.16. The number of carbonyl (C=O) groups is 3. The van der Waals surface area contributed by atoms with Crippen LogP contribution in [0.4, 0.5) is 4.79 Å². The molecule has 0 saturated carbocycles. The molecular weight excluding hydrogens is 430 g/mol. The Balaban J connectivity index is 1.45. The summed E-state index contributed by atoms with van der Waals surface area (Å²) >= 11 is 1.00. The Hall–Kier alpha value is -3.00. The summed E-state index contributed by atoms with van der Waals surface area (Å²) in [5, 5.41) is 11.9. The molecule has 2 aliphatic heterocycles. The van der Waals surface area contributed by atoms with Crippen LogP contribution in [-0.2, 0) is 11.2 Å². The first kappa shape index (κ1) is 22.2. The average molecular weight is 456 g/mol. The Morgan fingerprint density at radius 2 is 1.81 bits per heavy atom. The van der Waals surface area contributed by atoms with E-state index in [0.717, 1.165) is 22.9 Å². The first-order chi connectivity index (χ1) is 15.1. The van der Waals surface area contributed by atoms with Gasteiger partial charge in [0.2, 0.25) is 5.91 Å². The van der Waals surface area contributed by atoms with Crippen molar-refractivity contribution in [1.29, 1.82) is 0 Å². The minimum Gasteiger partial charge on any atom is -0.507 e. The van der Waals surface area contributed by atoms with Gasteiger partial charge in [0, 0.05) is 5.56 Å². The second-order valence-electron chi connectivity index (χ2n) is 8.60. The number of amides is 2. The summed E-state index contributed by atoms with van der Waals surface area (Å²) in [6.07, 6.45) is 0.600. The number of thioether (sulfide) groups is 1. The van der Waals surface area contributed by atoms with E-state index in [4.69, 9.17) is 9.47 Å². The molecule has 32 heavy (non-hydrogen) atoms. The number of ether oxygens (including phenoxy) is 2. The summed E-state index contributed by atoms with van der Waals surface area (Å²) in [7, 11) is 0. The number of fused-ring (bicyclic) bond motifs is 1. The molecule has 2 atom stereocenters. The molecule has 2 amide bonds. The highest BCUT2D eigenvalue weighted by Crippen LogP contribution is 2.43. The van der Waals surface area contributed by atoms with Crippen LogP contribution in [0.5, 0.6) is 17.2 Å². The highest BCUT2D eigenvalue weighted by atomic mass is 32.2. The molecule has 0 radical (unpaired) electrons. The summed E-state index contributed by atoms with van der Waals surface area (Å²) in [6, 6.07) is 7.31. The number of phenolic OH excluding ortho intramolecular Hbond substituents is 1. The minimum absolute atomic E-state index is 0.0783. The number of rotatable bonds is 5. The molecule has 2 unspecified atom stereocenters. The summed E-state index contributed by atoms with van der Waals surface area (Å²) in [6.45, 7) is 7.38. The first-order valence-corrected chi connectivity index (χ1v) is 11.2. The van der Waals surface area contributed by atoms with Crippen LogP contribution in [0.2, 0.25) is 0 Å². The largest absolute Gasteiger partial charge is 0.507 e. The topological polar surface area (TPSA) is 102 Å². The normalized spacial score (nSPS) is 22.4. The fraction of sp³-hybridized carbons (Fsp3) is 0.375. The van der Waals surface area contributed by atoms with Gasteiger partial charge in [-0.05, 0) is 62.9 Å². The molecule has 4 rings (SSSR count). The van der Waals surface area contributed by atoms with Crippen molar-refractivity contribution in [2.24, 2.45) is 0 Å². The van der Waals surface area contributed by atoms with Gasteiger partial charge >= 0.3 is 0 Å². The quantitative estimate of drug-likeness (QED) is 0.702. The molecule has 0 bridgehead atoms. The summed E-state index contributed by atoms with van der Waals surface area (Å²) in [5.41, 5.74) is 2.51. The van der Waals surface area contributed by atoms with Gasteiger partial charge in [-0.3, -0.25) is 19.7 Å². The van der Waals surface area contributed by atoms with E-state index in [9.17, 15) is 19.5 Å². The molecule has 2 N–H and O–H groups in total. The van der Waals surface area contributed by atoms with E-state index in [1.807, 2.05) is 26.0 Å². The van der Waals surface area contributed by atoms with Crippen LogP contribution in [0, 0.1) is 20.8 Å². The van der Waals surface area contributed by atoms with Crippen LogP contribution in [0.3, 0.4) is 0 Å². The number of hydrogen-bond donors (Lipinski definition) is 2. The summed E-state index contributed by atoms with van der Waals surface area (Å²) in [4.78, 5) is 35.9. The number of ketones is 1. The van der Waals surface area contributed by atoms with Crippen LogP contribution in [-0.4, -0.2) is 39.5 Å². The lowest BCUT2D eigenvalue weighted by atomic mass is 9.86. The molecule has 1 fully saturated rings. The van der Waals surface area contributed by atoms with Gasteiger partial charge in [-0.2, -0.15) is 0 Å². The SMILES string of the molecule is Cc1c(C)c2c(c(C)c1O)C(=O)CC(C)(COc1ccc(CC3SC(=O)NC3=O)cc1)O2. The number of imide groups is 1.